The Morgan fingerprint density at radius 1 is 0.486 bits per heavy atom. The van der Waals surface area contributed by atoms with E-state index in [1.807, 2.05) is 0 Å². The van der Waals surface area contributed by atoms with Crippen molar-refractivity contribution in [3.63, 3.8) is 0 Å². The van der Waals surface area contributed by atoms with E-state index in [-0.39, 0.29) is 0 Å². The maximum absolute atomic E-state index is 14.5. The van der Waals surface area contributed by atoms with Crippen LogP contribution in [0.2, 0.25) is 0 Å². The predicted octanol–water partition coefficient (Wildman–Crippen LogP) is 7.78. The van der Waals surface area contributed by atoms with E-state index in [1.54, 1.807) is 0 Å². The fourth-order valence-electron chi connectivity index (χ4n) is 4.04. The van der Waals surface area contributed by atoms with Gasteiger partial charge in [0, 0.05) is 0 Å². The molecule has 196 valence electrons. The molecule has 14 heteroatoms. The number of aromatic hydroxyl groups is 2. The zero-order valence-electron chi connectivity index (χ0n) is 18.1. The van der Waals surface area contributed by atoms with E-state index >= 15 is 0 Å². The molecule has 0 atom stereocenters. The Morgan fingerprint density at radius 2 is 0.743 bits per heavy atom. The van der Waals surface area contributed by atoms with Crippen LogP contribution in [-0.4, -0.2) is 22.6 Å². The minimum absolute atomic E-state index is 0.474. The van der Waals surface area contributed by atoms with Gasteiger partial charge in [0.15, 0.2) is 0 Å². The van der Waals surface area contributed by atoms with Crippen LogP contribution < -0.4 is 0 Å². The quantitative estimate of drug-likeness (QED) is 0.391. The smallest absolute Gasteiger partial charge is 0.416 e. The molecule has 0 heterocycles. The lowest BCUT2D eigenvalue weighted by molar-refractivity contribution is -0.290. The van der Waals surface area contributed by atoms with E-state index in [9.17, 15) is 62.9 Å². The molecule has 0 saturated carbocycles. The van der Waals surface area contributed by atoms with Gasteiger partial charge in [0.25, 0.3) is 0 Å². The van der Waals surface area contributed by atoms with Crippen molar-refractivity contribution in [3.8, 4) is 11.5 Å². The summed E-state index contributed by atoms with van der Waals surface area (Å²) in [6.07, 6.45) is -25.6. The van der Waals surface area contributed by atoms with Crippen LogP contribution in [0.5, 0.6) is 11.5 Å². The molecule has 0 fully saturated rings. The van der Waals surface area contributed by atoms with Gasteiger partial charge in [0.05, 0.1) is 11.1 Å². The second-order valence-electron chi connectivity index (χ2n) is 7.88. The molecule has 0 spiro atoms. The SMILES string of the molecule is Cc1c(O)cc(C(c2cc(O)c(C)c(C)c2C(F)(F)F)(C(F)(F)F)C(F)(F)F)c(C(F)(F)F)c1C. The Labute approximate surface area is 189 Å². The van der Waals surface area contributed by atoms with E-state index in [0.717, 1.165) is 13.8 Å². The fraction of sp³-hybridized carbons (Fsp3) is 0.429. The molecule has 2 nitrogen and oxygen atoms in total. The molecule has 2 N–H and O–H groups in total. The first-order valence-corrected chi connectivity index (χ1v) is 9.37. The Hall–Kier alpha value is -2.80. The molecule has 2 aromatic carbocycles. The number of hydrogen-bond acceptors (Lipinski definition) is 2. The molecule has 0 unspecified atom stereocenters. The summed E-state index contributed by atoms with van der Waals surface area (Å²) in [5, 5.41) is 19.8. The maximum Gasteiger partial charge on any atom is 0.416 e. The van der Waals surface area contributed by atoms with Crippen LogP contribution in [0.3, 0.4) is 0 Å². The van der Waals surface area contributed by atoms with Crippen molar-refractivity contribution in [1.29, 1.82) is 0 Å². The van der Waals surface area contributed by atoms with Gasteiger partial charge in [0.2, 0.25) is 5.41 Å². The molecule has 2 rings (SSSR count). The standard InChI is InChI=1S/C21H16F12O2/c1-7-9(3)15(18(22,23)24)11(5-13(7)34)17(20(28,29)30,21(31,32)33)12-6-14(35)8(2)10(4)16(12)19(25,26)27/h5-6,34-35H,1-4H3. The van der Waals surface area contributed by atoms with Crippen LogP contribution in [0, 0.1) is 27.7 Å². The van der Waals surface area contributed by atoms with Crippen LogP contribution in [0.25, 0.3) is 0 Å². The summed E-state index contributed by atoms with van der Waals surface area (Å²) in [6, 6.07) is -0.975. The normalized spacial score (nSPS) is 13.9. The zero-order chi connectivity index (χ0) is 27.7. The lowest BCUT2D eigenvalue weighted by Gasteiger charge is -2.41. The van der Waals surface area contributed by atoms with Crippen molar-refractivity contribution in [2.24, 2.45) is 0 Å². The van der Waals surface area contributed by atoms with Crippen molar-refractivity contribution in [2.75, 3.05) is 0 Å². The average molecular weight is 528 g/mol. The Bertz CT molecular complexity index is 1060. The molecule has 0 amide bonds. The number of phenols is 2. The van der Waals surface area contributed by atoms with Gasteiger partial charge in [-0.2, -0.15) is 52.7 Å². The van der Waals surface area contributed by atoms with E-state index in [4.69, 9.17) is 0 Å². The summed E-state index contributed by atoms with van der Waals surface area (Å²) < 4.78 is 170. The third-order valence-corrected chi connectivity index (χ3v) is 5.97. The molecular formula is C21H16F12O2. The second kappa shape index (κ2) is 8.12. The lowest BCUT2D eigenvalue weighted by atomic mass is 9.67. The van der Waals surface area contributed by atoms with Crippen LogP contribution in [0.4, 0.5) is 52.7 Å². The van der Waals surface area contributed by atoms with Crippen LogP contribution in [0.15, 0.2) is 12.1 Å². The summed E-state index contributed by atoms with van der Waals surface area (Å²) in [5.41, 5.74) is -20.4. The summed E-state index contributed by atoms with van der Waals surface area (Å²) in [7, 11) is 0. The van der Waals surface area contributed by atoms with Gasteiger partial charge < -0.3 is 10.2 Å². The lowest BCUT2D eigenvalue weighted by Crippen LogP contribution is -2.56. The van der Waals surface area contributed by atoms with E-state index < -0.39 is 98.3 Å². The summed E-state index contributed by atoms with van der Waals surface area (Å²) in [4.78, 5) is 0. The van der Waals surface area contributed by atoms with Crippen molar-refractivity contribution < 1.29 is 62.9 Å². The topological polar surface area (TPSA) is 40.5 Å². The predicted molar refractivity (Wildman–Crippen MR) is 98.1 cm³/mol. The number of alkyl halides is 12. The first-order valence-electron chi connectivity index (χ1n) is 9.37. The molecule has 0 aliphatic carbocycles. The summed E-state index contributed by atoms with van der Waals surface area (Å²) in [5.74, 6) is -2.88. The molecule has 0 saturated heterocycles. The molecule has 35 heavy (non-hydrogen) atoms. The number of benzene rings is 2. The minimum Gasteiger partial charge on any atom is -0.508 e. The van der Waals surface area contributed by atoms with Crippen LogP contribution in [-0.2, 0) is 17.8 Å². The highest BCUT2D eigenvalue weighted by atomic mass is 19.4. The minimum atomic E-state index is -6.87. The third kappa shape index (κ3) is 4.24. The zero-order valence-corrected chi connectivity index (χ0v) is 18.1. The highest BCUT2D eigenvalue weighted by Gasteiger charge is 2.75. The second-order valence-corrected chi connectivity index (χ2v) is 7.88. The molecule has 0 bridgehead atoms. The van der Waals surface area contributed by atoms with Crippen LogP contribution >= 0.6 is 0 Å². The van der Waals surface area contributed by atoms with Gasteiger partial charge in [0.1, 0.15) is 11.5 Å². The number of halogens is 12. The highest BCUT2D eigenvalue weighted by Crippen LogP contribution is 2.62. The summed E-state index contributed by atoms with van der Waals surface area (Å²) >= 11 is 0. The van der Waals surface area contributed by atoms with E-state index in [0.29, 0.717) is 13.8 Å². The average Bonchev–Trinajstić information content (AvgIpc) is 2.60. The van der Waals surface area contributed by atoms with Crippen molar-refractivity contribution in [2.45, 2.75) is 57.8 Å². The molecule has 0 radical (unpaired) electrons. The molecule has 0 aliphatic heterocycles. The Balaban J connectivity index is 3.48. The van der Waals surface area contributed by atoms with E-state index in [1.165, 1.54) is 0 Å². The molecular weight excluding hydrogens is 512 g/mol. The van der Waals surface area contributed by atoms with Crippen molar-refractivity contribution in [3.05, 3.63) is 56.6 Å². The van der Waals surface area contributed by atoms with Crippen molar-refractivity contribution in [1.82, 2.24) is 0 Å². The summed E-state index contributed by atoms with van der Waals surface area (Å²) in [6.45, 7) is 2.49. The van der Waals surface area contributed by atoms with Gasteiger partial charge >= 0.3 is 24.7 Å². The largest absolute Gasteiger partial charge is 0.508 e. The highest BCUT2D eigenvalue weighted by molar-refractivity contribution is 5.61. The Kier molecular flexibility index (Phi) is 6.60. The molecule has 2 aromatic rings. The van der Waals surface area contributed by atoms with Gasteiger partial charge in [-0.3, -0.25) is 0 Å². The first kappa shape index (κ1) is 28.4. The number of rotatable bonds is 2. The fourth-order valence-corrected chi connectivity index (χ4v) is 4.04. The number of hydrogen-bond donors (Lipinski definition) is 2. The monoisotopic (exact) mass is 528 g/mol. The van der Waals surface area contributed by atoms with Gasteiger partial charge in [-0.25, -0.2) is 0 Å². The van der Waals surface area contributed by atoms with Gasteiger partial charge in [-0.05, 0) is 73.2 Å². The van der Waals surface area contributed by atoms with Gasteiger partial charge in [-0.1, -0.05) is 0 Å². The van der Waals surface area contributed by atoms with Crippen LogP contribution in [0.1, 0.15) is 44.5 Å². The van der Waals surface area contributed by atoms with Gasteiger partial charge in [-0.15, -0.1) is 0 Å². The third-order valence-electron chi connectivity index (χ3n) is 5.97. The molecule has 0 aromatic heterocycles. The molecule has 0 aliphatic rings. The number of phenolic OH excluding ortho intramolecular Hbond substituents is 2. The Morgan fingerprint density at radius 3 is 0.943 bits per heavy atom. The maximum atomic E-state index is 14.5. The van der Waals surface area contributed by atoms with E-state index in [2.05, 4.69) is 0 Å². The first-order chi connectivity index (χ1) is 15.4. The van der Waals surface area contributed by atoms with Crippen molar-refractivity contribution >= 4 is 0 Å².